The van der Waals surface area contributed by atoms with Crippen molar-refractivity contribution in [2.75, 3.05) is 13.7 Å². The third kappa shape index (κ3) is 3.88. The molecular weight excluding hydrogens is 224 g/mol. The Bertz CT molecular complexity index is 417. The zero-order valence-corrected chi connectivity index (χ0v) is 12.0. The smallest absolute Gasteiger partial charge is 0.126 e. The van der Waals surface area contributed by atoms with E-state index in [4.69, 9.17) is 4.74 Å². The molecule has 0 spiro atoms. The maximum Gasteiger partial charge on any atom is 0.126 e. The van der Waals surface area contributed by atoms with Gasteiger partial charge in [-0.3, -0.25) is 0 Å². The van der Waals surface area contributed by atoms with E-state index in [2.05, 4.69) is 26.0 Å². The lowest BCUT2D eigenvalue weighted by Crippen LogP contribution is -2.12. The van der Waals surface area contributed by atoms with E-state index in [1.54, 1.807) is 7.11 Å². The first-order valence-electron chi connectivity index (χ1n) is 6.37. The van der Waals surface area contributed by atoms with Gasteiger partial charge in [0.1, 0.15) is 5.75 Å². The highest BCUT2D eigenvalue weighted by atomic mass is 16.5. The molecule has 0 atom stereocenters. The van der Waals surface area contributed by atoms with Gasteiger partial charge in [-0.2, -0.15) is 0 Å². The van der Waals surface area contributed by atoms with E-state index in [0.29, 0.717) is 5.92 Å². The Hall–Kier alpha value is -1.28. The molecule has 0 unspecified atom stereocenters. The molecule has 0 saturated carbocycles. The van der Waals surface area contributed by atoms with Crippen LogP contribution in [0.5, 0.6) is 5.75 Å². The Morgan fingerprint density at radius 3 is 2.50 bits per heavy atom. The molecule has 0 aliphatic carbocycles. The summed E-state index contributed by atoms with van der Waals surface area (Å²) in [6, 6.07) is 6.24. The average Bonchev–Trinajstić information content (AvgIpc) is 2.36. The average molecular weight is 248 g/mol. The topological polar surface area (TPSA) is 29.5 Å². The standard InChI is InChI=1S/C16H24O2/c1-12(2)13-6-7-15(18-5)14(10-13)8-9-16(3,4)11-17/h6-10,12,17H,11H2,1-5H3. The van der Waals surface area contributed by atoms with Crippen LogP contribution < -0.4 is 4.74 Å². The zero-order valence-electron chi connectivity index (χ0n) is 12.0. The summed E-state index contributed by atoms with van der Waals surface area (Å²) >= 11 is 0. The lowest BCUT2D eigenvalue weighted by molar-refractivity contribution is 0.200. The summed E-state index contributed by atoms with van der Waals surface area (Å²) in [4.78, 5) is 0. The maximum atomic E-state index is 9.26. The van der Waals surface area contributed by atoms with Gasteiger partial charge in [0.25, 0.3) is 0 Å². The zero-order chi connectivity index (χ0) is 13.8. The predicted molar refractivity (Wildman–Crippen MR) is 77.0 cm³/mol. The van der Waals surface area contributed by atoms with Crippen molar-refractivity contribution in [2.24, 2.45) is 5.41 Å². The molecule has 0 fully saturated rings. The lowest BCUT2D eigenvalue weighted by Gasteiger charge is -2.16. The monoisotopic (exact) mass is 248 g/mol. The first kappa shape index (κ1) is 14.8. The highest BCUT2D eigenvalue weighted by molar-refractivity contribution is 5.59. The third-order valence-electron chi connectivity index (χ3n) is 3.04. The van der Waals surface area contributed by atoms with Crippen LogP contribution in [0.4, 0.5) is 0 Å². The van der Waals surface area contributed by atoms with E-state index >= 15 is 0 Å². The number of methoxy groups -OCH3 is 1. The van der Waals surface area contributed by atoms with Crippen LogP contribution in [-0.4, -0.2) is 18.8 Å². The first-order valence-corrected chi connectivity index (χ1v) is 6.37. The van der Waals surface area contributed by atoms with Crippen molar-refractivity contribution in [3.05, 3.63) is 35.4 Å². The number of ether oxygens (including phenoxy) is 1. The summed E-state index contributed by atoms with van der Waals surface area (Å²) in [5, 5.41) is 9.26. The molecule has 18 heavy (non-hydrogen) atoms. The Morgan fingerprint density at radius 2 is 2.00 bits per heavy atom. The Kier molecular flexibility index (Phi) is 4.97. The molecule has 0 bridgehead atoms. The number of rotatable bonds is 5. The van der Waals surface area contributed by atoms with E-state index < -0.39 is 0 Å². The quantitative estimate of drug-likeness (QED) is 0.857. The van der Waals surface area contributed by atoms with Crippen molar-refractivity contribution in [2.45, 2.75) is 33.6 Å². The van der Waals surface area contributed by atoms with Gasteiger partial charge in [0.15, 0.2) is 0 Å². The second-order valence-electron chi connectivity index (χ2n) is 5.64. The van der Waals surface area contributed by atoms with Crippen LogP contribution in [0, 0.1) is 5.41 Å². The van der Waals surface area contributed by atoms with E-state index in [0.717, 1.165) is 11.3 Å². The van der Waals surface area contributed by atoms with Crippen molar-refractivity contribution in [1.82, 2.24) is 0 Å². The Labute approximate surface area is 110 Å². The molecular formula is C16H24O2. The fourth-order valence-electron chi connectivity index (χ4n) is 1.61. The third-order valence-corrected chi connectivity index (χ3v) is 3.04. The van der Waals surface area contributed by atoms with Crippen LogP contribution >= 0.6 is 0 Å². The molecule has 0 aliphatic heterocycles. The molecule has 0 aliphatic rings. The minimum absolute atomic E-state index is 0.135. The van der Waals surface area contributed by atoms with Gasteiger partial charge >= 0.3 is 0 Å². The fourth-order valence-corrected chi connectivity index (χ4v) is 1.61. The molecule has 100 valence electrons. The molecule has 0 radical (unpaired) electrons. The summed E-state index contributed by atoms with van der Waals surface area (Å²) in [5.41, 5.74) is 2.14. The second kappa shape index (κ2) is 6.05. The number of hydrogen-bond acceptors (Lipinski definition) is 2. The second-order valence-corrected chi connectivity index (χ2v) is 5.64. The van der Waals surface area contributed by atoms with Gasteiger partial charge in [0.2, 0.25) is 0 Å². The van der Waals surface area contributed by atoms with Crippen molar-refractivity contribution in [3.8, 4) is 5.75 Å². The maximum absolute atomic E-state index is 9.26. The SMILES string of the molecule is COc1ccc(C(C)C)cc1C=CC(C)(C)CO. The van der Waals surface area contributed by atoms with Gasteiger partial charge in [-0.05, 0) is 23.6 Å². The summed E-state index contributed by atoms with van der Waals surface area (Å²) < 4.78 is 5.37. The summed E-state index contributed by atoms with van der Waals surface area (Å²) in [5.74, 6) is 1.36. The van der Waals surface area contributed by atoms with Crippen LogP contribution in [0.15, 0.2) is 24.3 Å². The molecule has 2 nitrogen and oxygen atoms in total. The molecule has 0 heterocycles. The lowest BCUT2D eigenvalue weighted by atomic mass is 9.92. The minimum Gasteiger partial charge on any atom is -0.496 e. The van der Waals surface area contributed by atoms with Crippen molar-refractivity contribution >= 4 is 6.08 Å². The predicted octanol–water partition coefficient (Wildman–Crippen LogP) is 3.85. The summed E-state index contributed by atoms with van der Waals surface area (Å²) in [6.45, 7) is 8.49. The van der Waals surface area contributed by atoms with Crippen molar-refractivity contribution in [3.63, 3.8) is 0 Å². The molecule has 0 saturated heterocycles. The van der Waals surface area contributed by atoms with Gasteiger partial charge in [0.05, 0.1) is 13.7 Å². The number of aliphatic hydroxyl groups is 1. The summed E-state index contributed by atoms with van der Waals surface area (Å²) in [6.07, 6.45) is 4.05. The Balaban J connectivity index is 3.09. The van der Waals surface area contributed by atoms with Gasteiger partial charge in [0, 0.05) is 11.0 Å². The first-order chi connectivity index (χ1) is 8.39. The normalized spacial score (nSPS) is 12.4. The molecule has 1 rings (SSSR count). The molecule has 0 aromatic heterocycles. The van der Waals surface area contributed by atoms with Gasteiger partial charge in [-0.15, -0.1) is 0 Å². The Morgan fingerprint density at radius 1 is 1.33 bits per heavy atom. The van der Waals surface area contributed by atoms with E-state index in [1.807, 2.05) is 32.1 Å². The van der Waals surface area contributed by atoms with Crippen LogP contribution in [0.1, 0.15) is 44.7 Å². The molecule has 0 amide bonds. The molecule has 1 aromatic carbocycles. The van der Waals surface area contributed by atoms with Crippen molar-refractivity contribution < 1.29 is 9.84 Å². The van der Waals surface area contributed by atoms with Crippen molar-refractivity contribution in [1.29, 1.82) is 0 Å². The van der Waals surface area contributed by atoms with E-state index in [9.17, 15) is 5.11 Å². The van der Waals surface area contributed by atoms with Gasteiger partial charge < -0.3 is 9.84 Å². The largest absolute Gasteiger partial charge is 0.496 e. The van der Waals surface area contributed by atoms with Crippen LogP contribution in [-0.2, 0) is 0 Å². The van der Waals surface area contributed by atoms with Gasteiger partial charge in [-0.25, -0.2) is 0 Å². The molecule has 1 N–H and O–H groups in total. The van der Waals surface area contributed by atoms with Crippen LogP contribution in [0.3, 0.4) is 0 Å². The molecule has 1 aromatic rings. The number of benzene rings is 1. The highest BCUT2D eigenvalue weighted by Gasteiger charge is 2.12. The van der Waals surface area contributed by atoms with E-state index in [1.165, 1.54) is 5.56 Å². The molecule has 2 heteroatoms. The number of hydrogen-bond donors (Lipinski definition) is 1. The van der Waals surface area contributed by atoms with Crippen LogP contribution in [0.25, 0.3) is 6.08 Å². The van der Waals surface area contributed by atoms with Gasteiger partial charge in [-0.1, -0.05) is 45.9 Å². The summed E-state index contributed by atoms with van der Waals surface area (Å²) in [7, 11) is 1.68. The fraction of sp³-hybridized carbons (Fsp3) is 0.500. The number of aliphatic hydroxyl groups excluding tert-OH is 1. The minimum atomic E-state index is -0.209. The highest BCUT2D eigenvalue weighted by Crippen LogP contribution is 2.27. The van der Waals surface area contributed by atoms with Crippen LogP contribution in [0.2, 0.25) is 0 Å². The van der Waals surface area contributed by atoms with E-state index in [-0.39, 0.29) is 12.0 Å².